The molecule has 0 amide bonds. The Balaban J connectivity index is 2.25. The molecule has 18 heavy (non-hydrogen) atoms. The molecule has 2 rings (SSSR count). The second-order valence-corrected chi connectivity index (χ2v) is 5.70. The molecule has 0 fully saturated rings. The van der Waals surface area contributed by atoms with Crippen LogP contribution in [0.4, 0.5) is 5.13 Å². The van der Waals surface area contributed by atoms with Crippen molar-refractivity contribution in [3.63, 3.8) is 0 Å². The van der Waals surface area contributed by atoms with Crippen LogP contribution in [-0.4, -0.2) is 40.3 Å². The van der Waals surface area contributed by atoms with Crippen molar-refractivity contribution in [2.45, 2.75) is 9.37 Å². The lowest BCUT2D eigenvalue weighted by Gasteiger charge is -2.04. The van der Waals surface area contributed by atoms with Crippen LogP contribution in [0, 0.1) is 5.41 Å². The summed E-state index contributed by atoms with van der Waals surface area (Å²) in [6.07, 6.45) is 1.51. The highest BCUT2D eigenvalue weighted by Gasteiger charge is 2.13. The van der Waals surface area contributed by atoms with Crippen molar-refractivity contribution in [1.29, 1.82) is 5.41 Å². The molecule has 0 atom stereocenters. The van der Waals surface area contributed by atoms with Gasteiger partial charge in [-0.25, -0.2) is 0 Å². The summed E-state index contributed by atoms with van der Waals surface area (Å²) >= 11 is 2.75. The van der Waals surface area contributed by atoms with Crippen molar-refractivity contribution in [3.8, 4) is 0 Å². The smallest absolute Gasteiger partial charge is 0.208 e. The first-order chi connectivity index (χ1) is 8.58. The van der Waals surface area contributed by atoms with Crippen LogP contribution in [0.2, 0.25) is 0 Å². The molecule has 0 radical (unpaired) electrons. The molecule has 0 aliphatic heterocycles. The van der Waals surface area contributed by atoms with E-state index in [1.54, 1.807) is 6.07 Å². The number of nitrogens with one attached hydrogen (secondary N) is 1. The fourth-order valence-corrected chi connectivity index (χ4v) is 2.86. The van der Waals surface area contributed by atoms with E-state index in [1.165, 1.54) is 29.3 Å². The first-order valence-electron chi connectivity index (χ1n) is 4.92. The van der Waals surface area contributed by atoms with Crippen LogP contribution in [0.5, 0.6) is 0 Å². The maximum absolute atomic E-state index is 7.47. The van der Waals surface area contributed by atoms with Crippen LogP contribution in [0.3, 0.4) is 0 Å². The molecule has 0 saturated heterocycles. The fraction of sp³-hybridized carbons (Fsp3) is 0.222. The van der Waals surface area contributed by atoms with Gasteiger partial charge >= 0.3 is 0 Å². The van der Waals surface area contributed by atoms with Crippen molar-refractivity contribution >= 4 is 34.1 Å². The number of hydrogen-bond donors (Lipinski definition) is 2. The Morgan fingerprint density at radius 2 is 2.17 bits per heavy atom. The first kappa shape index (κ1) is 12.7. The van der Waals surface area contributed by atoms with E-state index in [0.29, 0.717) is 10.6 Å². The second kappa shape index (κ2) is 5.27. The van der Waals surface area contributed by atoms with Crippen molar-refractivity contribution in [1.82, 2.24) is 20.4 Å². The van der Waals surface area contributed by atoms with E-state index in [0.717, 1.165) is 9.47 Å². The largest absolute Gasteiger partial charge is 0.384 e. The molecule has 0 aromatic carbocycles. The Labute approximate surface area is 112 Å². The van der Waals surface area contributed by atoms with Crippen molar-refractivity contribution in [3.05, 3.63) is 17.8 Å². The molecule has 0 bridgehead atoms. The van der Waals surface area contributed by atoms with Gasteiger partial charge in [-0.15, -0.1) is 15.3 Å². The van der Waals surface area contributed by atoms with Gasteiger partial charge in [-0.2, -0.15) is 5.10 Å². The van der Waals surface area contributed by atoms with Gasteiger partial charge in [-0.05, 0) is 17.8 Å². The number of nitrogens with zero attached hydrogens (tertiary/aromatic N) is 5. The molecule has 9 heteroatoms. The van der Waals surface area contributed by atoms with E-state index in [2.05, 4.69) is 20.4 Å². The fourth-order valence-electron chi connectivity index (χ4n) is 1.11. The first-order valence-corrected chi connectivity index (χ1v) is 6.56. The average Bonchev–Trinajstić information content (AvgIpc) is 2.78. The monoisotopic (exact) mass is 281 g/mol. The molecule has 94 valence electrons. The Morgan fingerprint density at radius 3 is 2.78 bits per heavy atom. The summed E-state index contributed by atoms with van der Waals surface area (Å²) in [6, 6.07) is 1.66. The summed E-state index contributed by atoms with van der Waals surface area (Å²) in [4.78, 5) is 1.88. The van der Waals surface area contributed by atoms with Gasteiger partial charge in [0.25, 0.3) is 0 Å². The summed E-state index contributed by atoms with van der Waals surface area (Å²) in [7, 11) is 3.80. The normalized spacial score (nSPS) is 10.3. The lowest BCUT2D eigenvalue weighted by atomic mass is 10.3. The predicted molar refractivity (Wildman–Crippen MR) is 71.4 cm³/mol. The van der Waals surface area contributed by atoms with Gasteiger partial charge in [0, 0.05) is 14.1 Å². The molecular formula is C9H11N7S2. The van der Waals surface area contributed by atoms with Gasteiger partial charge in [0.2, 0.25) is 5.13 Å². The molecule has 0 unspecified atom stereocenters. The maximum Gasteiger partial charge on any atom is 0.208 e. The van der Waals surface area contributed by atoms with E-state index in [1.807, 2.05) is 19.0 Å². The predicted octanol–water partition coefficient (Wildman–Crippen LogP) is 0.829. The number of nitrogen functional groups attached to an aromatic ring is 1. The van der Waals surface area contributed by atoms with E-state index < -0.39 is 0 Å². The van der Waals surface area contributed by atoms with E-state index >= 15 is 0 Å². The summed E-state index contributed by atoms with van der Waals surface area (Å²) in [5, 5.41) is 24.7. The van der Waals surface area contributed by atoms with Gasteiger partial charge in [0.15, 0.2) is 4.34 Å². The van der Waals surface area contributed by atoms with E-state index in [4.69, 9.17) is 11.1 Å². The molecule has 2 heterocycles. The average molecular weight is 281 g/mol. The summed E-state index contributed by atoms with van der Waals surface area (Å²) in [6.45, 7) is 0. The summed E-state index contributed by atoms with van der Waals surface area (Å²) in [5.41, 5.74) is 6.04. The number of hydrogen-bond acceptors (Lipinski definition) is 8. The van der Waals surface area contributed by atoms with Gasteiger partial charge < -0.3 is 10.6 Å². The number of aromatic nitrogens is 4. The molecule has 7 nitrogen and oxygen atoms in total. The van der Waals surface area contributed by atoms with Gasteiger partial charge in [-0.3, -0.25) is 5.41 Å². The van der Waals surface area contributed by atoms with Crippen LogP contribution in [0.15, 0.2) is 21.6 Å². The van der Waals surface area contributed by atoms with Crippen LogP contribution in [0.25, 0.3) is 0 Å². The number of rotatable bonds is 4. The van der Waals surface area contributed by atoms with Gasteiger partial charge in [0.05, 0.1) is 11.8 Å². The third-order valence-corrected chi connectivity index (χ3v) is 4.08. The highest BCUT2D eigenvalue weighted by molar-refractivity contribution is 8.01. The minimum atomic E-state index is -0.0373. The van der Waals surface area contributed by atoms with Gasteiger partial charge in [-0.1, -0.05) is 11.3 Å². The Hall–Kier alpha value is -1.74. The van der Waals surface area contributed by atoms with Crippen molar-refractivity contribution < 1.29 is 0 Å². The summed E-state index contributed by atoms with van der Waals surface area (Å²) in [5.74, 6) is -0.0373. The zero-order valence-corrected chi connectivity index (χ0v) is 11.4. The second-order valence-electron chi connectivity index (χ2n) is 3.51. The third-order valence-electron chi connectivity index (χ3n) is 1.94. The standard InChI is InChI=1S/C9H11N7S2/c1-16(2)8-14-15-9(18-8)17-7-5(6(10)11)3-4-12-13-7/h3-4H,1-2H3,(H3,10,11). The quantitative estimate of drug-likeness (QED) is 0.631. The third kappa shape index (κ3) is 2.74. The molecule has 2 aromatic rings. The molecule has 0 aliphatic rings. The van der Waals surface area contributed by atoms with Crippen LogP contribution in [0.1, 0.15) is 5.56 Å². The van der Waals surface area contributed by atoms with E-state index in [9.17, 15) is 0 Å². The Morgan fingerprint density at radius 1 is 1.39 bits per heavy atom. The van der Waals surface area contributed by atoms with Gasteiger partial charge in [0.1, 0.15) is 10.9 Å². The van der Waals surface area contributed by atoms with Crippen molar-refractivity contribution in [2.24, 2.45) is 5.73 Å². The molecular weight excluding hydrogens is 270 g/mol. The molecule has 2 aromatic heterocycles. The van der Waals surface area contributed by atoms with Crippen LogP contribution in [-0.2, 0) is 0 Å². The highest BCUT2D eigenvalue weighted by Crippen LogP contribution is 2.32. The lowest BCUT2D eigenvalue weighted by Crippen LogP contribution is -2.13. The number of amidine groups is 1. The van der Waals surface area contributed by atoms with Crippen molar-refractivity contribution in [2.75, 3.05) is 19.0 Å². The van der Waals surface area contributed by atoms with E-state index in [-0.39, 0.29) is 5.84 Å². The zero-order chi connectivity index (χ0) is 13.1. The molecule has 0 saturated carbocycles. The highest BCUT2D eigenvalue weighted by atomic mass is 32.2. The van der Waals surface area contributed by atoms with Crippen LogP contribution < -0.4 is 10.6 Å². The molecule has 0 spiro atoms. The molecule has 3 N–H and O–H groups in total. The Bertz CT molecular complexity index is 566. The minimum absolute atomic E-state index is 0.0373. The number of nitrogens with two attached hydrogens (primary N) is 1. The maximum atomic E-state index is 7.47. The summed E-state index contributed by atoms with van der Waals surface area (Å²) < 4.78 is 0.738. The topological polar surface area (TPSA) is 105 Å². The number of anilines is 1. The SMILES string of the molecule is CN(C)c1nnc(Sc2nnccc2C(=N)N)s1. The lowest BCUT2D eigenvalue weighted by molar-refractivity contribution is 0.915. The van der Waals surface area contributed by atoms with Crippen LogP contribution >= 0.6 is 23.1 Å². The zero-order valence-electron chi connectivity index (χ0n) is 9.78. The Kier molecular flexibility index (Phi) is 3.72. The molecule has 0 aliphatic carbocycles. The minimum Gasteiger partial charge on any atom is -0.384 e.